The van der Waals surface area contributed by atoms with Crippen LogP contribution in [-0.4, -0.2) is 0 Å². The summed E-state index contributed by atoms with van der Waals surface area (Å²) in [6.45, 7) is 5.88. The Morgan fingerprint density at radius 2 is 0.880 bits per heavy atom. The van der Waals surface area contributed by atoms with Gasteiger partial charge in [0.1, 0.15) is 0 Å². The lowest BCUT2D eigenvalue weighted by Crippen LogP contribution is -1.78. The molecule has 136 valence electrons. The van der Waals surface area contributed by atoms with Crippen LogP contribution in [0.4, 0.5) is 0 Å². The molecule has 0 unspecified atom stereocenters. The van der Waals surface area contributed by atoms with Crippen molar-refractivity contribution in [1.82, 2.24) is 0 Å². The van der Waals surface area contributed by atoms with E-state index >= 15 is 0 Å². The van der Waals surface area contributed by atoms with Crippen molar-refractivity contribution in [3.8, 4) is 0 Å². The highest BCUT2D eigenvalue weighted by Crippen LogP contribution is 2.08. The molecule has 0 radical (unpaired) electrons. The maximum absolute atomic E-state index is 3.62. The standard InChI is InChI=1S/C25H36/c1-3-5-7-9-11-13-15-17-19-21-23-25-24-22-20-18-16-14-12-10-8-6-4-2/h3,5,7,9,11,13,15,17,19-25H,1,4,6,8,10,12,14,16,18H2,2H3. The SMILES string of the molecule is C=CC=CC=CC=CC=CC=CC=CC=CCCCCCCCCC. The molecule has 0 heteroatoms. The molecule has 25 heavy (non-hydrogen) atoms. The first-order valence-corrected chi connectivity index (χ1v) is 9.69. The number of unbranched alkanes of at least 4 members (excludes halogenated alkanes) is 7. The van der Waals surface area contributed by atoms with Gasteiger partial charge < -0.3 is 0 Å². The molecule has 0 aliphatic carbocycles. The highest BCUT2D eigenvalue weighted by Gasteiger charge is 1.88. The van der Waals surface area contributed by atoms with Gasteiger partial charge in [0.25, 0.3) is 0 Å². The van der Waals surface area contributed by atoms with Gasteiger partial charge in [0.2, 0.25) is 0 Å². The third-order valence-corrected chi connectivity index (χ3v) is 3.58. The summed E-state index contributed by atoms with van der Waals surface area (Å²) in [5, 5.41) is 0. The van der Waals surface area contributed by atoms with Crippen LogP contribution in [0.1, 0.15) is 58.3 Å². The minimum Gasteiger partial charge on any atom is -0.0991 e. The van der Waals surface area contributed by atoms with E-state index in [1.165, 1.54) is 51.4 Å². The summed E-state index contributed by atoms with van der Waals surface area (Å²) in [7, 11) is 0. The van der Waals surface area contributed by atoms with Gasteiger partial charge in [-0.1, -0.05) is 143 Å². The molecular formula is C25H36. The predicted molar refractivity (Wildman–Crippen MR) is 117 cm³/mol. The highest BCUT2D eigenvalue weighted by atomic mass is 13.9. The summed E-state index contributed by atoms with van der Waals surface area (Å²) in [5.41, 5.74) is 0. The molecule has 0 aliphatic heterocycles. The van der Waals surface area contributed by atoms with Gasteiger partial charge in [-0.25, -0.2) is 0 Å². The Kier molecular flexibility index (Phi) is 20.1. The van der Waals surface area contributed by atoms with Crippen molar-refractivity contribution in [2.24, 2.45) is 0 Å². The summed E-state index contributed by atoms with van der Waals surface area (Å²) < 4.78 is 0. The fourth-order valence-electron chi connectivity index (χ4n) is 2.18. The fraction of sp³-hybridized carbons (Fsp3) is 0.360. The fourth-order valence-corrected chi connectivity index (χ4v) is 2.18. The molecule has 0 saturated carbocycles. The minimum absolute atomic E-state index is 1.20. The second-order valence-electron chi connectivity index (χ2n) is 5.88. The van der Waals surface area contributed by atoms with Gasteiger partial charge in [0.05, 0.1) is 0 Å². The van der Waals surface area contributed by atoms with E-state index < -0.39 is 0 Å². The normalized spacial score (nSPS) is 13.3. The van der Waals surface area contributed by atoms with Crippen LogP contribution in [0.25, 0.3) is 0 Å². The smallest absolute Gasteiger partial charge is 0.0348 e. The van der Waals surface area contributed by atoms with E-state index in [-0.39, 0.29) is 0 Å². The van der Waals surface area contributed by atoms with E-state index in [4.69, 9.17) is 0 Å². The number of hydrogen-bond donors (Lipinski definition) is 0. The van der Waals surface area contributed by atoms with E-state index in [1.54, 1.807) is 6.08 Å². The van der Waals surface area contributed by atoms with Crippen LogP contribution in [0.3, 0.4) is 0 Å². The van der Waals surface area contributed by atoms with Gasteiger partial charge >= 0.3 is 0 Å². The molecule has 0 bridgehead atoms. The molecule has 0 aliphatic rings. The maximum atomic E-state index is 3.62. The Bertz CT molecular complexity index is 478. The third kappa shape index (κ3) is 21.9. The van der Waals surface area contributed by atoms with E-state index in [1.807, 2.05) is 60.8 Å². The summed E-state index contributed by atoms with van der Waals surface area (Å²) in [6.07, 6.45) is 41.1. The Labute approximate surface area is 156 Å². The van der Waals surface area contributed by atoms with Crippen molar-refractivity contribution < 1.29 is 0 Å². The highest BCUT2D eigenvalue weighted by molar-refractivity contribution is 5.21. The summed E-state index contributed by atoms with van der Waals surface area (Å²) >= 11 is 0. The van der Waals surface area contributed by atoms with Crippen LogP contribution < -0.4 is 0 Å². The van der Waals surface area contributed by atoms with Crippen molar-refractivity contribution >= 4 is 0 Å². The van der Waals surface area contributed by atoms with Crippen LogP contribution in [0.5, 0.6) is 0 Å². The Hall–Kier alpha value is -2.08. The molecule has 0 nitrogen and oxygen atoms in total. The molecule has 0 atom stereocenters. The zero-order chi connectivity index (χ0) is 18.3. The Morgan fingerprint density at radius 1 is 0.480 bits per heavy atom. The third-order valence-electron chi connectivity index (χ3n) is 3.58. The van der Waals surface area contributed by atoms with Gasteiger partial charge in [-0.15, -0.1) is 0 Å². The van der Waals surface area contributed by atoms with Gasteiger partial charge in [-0.2, -0.15) is 0 Å². The lowest BCUT2D eigenvalue weighted by molar-refractivity contribution is 0.592. The van der Waals surface area contributed by atoms with Crippen molar-refractivity contribution in [2.75, 3.05) is 0 Å². The average Bonchev–Trinajstić information content (AvgIpc) is 2.63. The molecule has 0 heterocycles. The molecule has 0 amide bonds. The molecule has 0 saturated heterocycles. The van der Waals surface area contributed by atoms with E-state index in [2.05, 4.69) is 37.8 Å². The molecule has 0 N–H and O–H groups in total. The molecule has 0 aromatic rings. The van der Waals surface area contributed by atoms with Gasteiger partial charge in [0, 0.05) is 0 Å². The average molecular weight is 337 g/mol. The van der Waals surface area contributed by atoms with Crippen LogP contribution in [-0.2, 0) is 0 Å². The largest absolute Gasteiger partial charge is 0.0991 e. The Balaban J connectivity index is 3.59. The molecule has 0 aromatic carbocycles. The maximum Gasteiger partial charge on any atom is -0.0348 e. The molecule has 0 rings (SSSR count). The monoisotopic (exact) mass is 336 g/mol. The summed E-state index contributed by atoms with van der Waals surface area (Å²) in [5.74, 6) is 0. The zero-order valence-electron chi connectivity index (χ0n) is 16.0. The van der Waals surface area contributed by atoms with Gasteiger partial charge in [-0.05, 0) is 12.8 Å². The second kappa shape index (κ2) is 21.9. The number of allylic oxidation sites excluding steroid dienone is 15. The second-order valence-corrected chi connectivity index (χ2v) is 5.88. The Morgan fingerprint density at radius 3 is 1.36 bits per heavy atom. The van der Waals surface area contributed by atoms with E-state index in [9.17, 15) is 0 Å². The van der Waals surface area contributed by atoms with Crippen LogP contribution in [0.15, 0.2) is 97.7 Å². The first-order chi connectivity index (χ1) is 12.4. The topological polar surface area (TPSA) is 0 Å². The summed E-state index contributed by atoms with van der Waals surface area (Å²) in [4.78, 5) is 0. The van der Waals surface area contributed by atoms with Crippen LogP contribution in [0.2, 0.25) is 0 Å². The summed E-state index contributed by atoms with van der Waals surface area (Å²) in [6, 6.07) is 0. The lowest BCUT2D eigenvalue weighted by atomic mass is 10.1. The quantitative estimate of drug-likeness (QED) is 0.209. The first kappa shape index (κ1) is 22.9. The first-order valence-electron chi connectivity index (χ1n) is 9.69. The molecular weight excluding hydrogens is 300 g/mol. The molecule has 0 aromatic heterocycles. The van der Waals surface area contributed by atoms with Crippen molar-refractivity contribution in [1.29, 1.82) is 0 Å². The minimum atomic E-state index is 1.20. The van der Waals surface area contributed by atoms with E-state index in [0.29, 0.717) is 0 Å². The van der Waals surface area contributed by atoms with Crippen LogP contribution in [0, 0.1) is 0 Å². The lowest BCUT2D eigenvalue weighted by Gasteiger charge is -1.98. The van der Waals surface area contributed by atoms with Gasteiger partial charge in [-0.3, -0.25) is 0 Å². The number of rotatable bonds is 15. The zero-order valence-corrected chi connectivity index (χ0v) is 16.0. The van der Waals surface area contributed by atoms with Crippen molar-refractivity contribution in [3.63, 3.8) is 0 Å². The van der Waals surface area contributed by atoms with Crippen LogP contribution >= 0.6 is 0 Å². The van der Waals surface area contributed by atoms with Crippen molar-refractivity contribution in [2.45, 2.75) is 58.3 Å². The van der Waals surface area contributed by atoms with E-state index in [0.717, 1.165) is 0 Å². The predicted octanol–water partition coefficient (Wildman–Crippen LogP) is 8.21. The van der Waals surface area contributed by atoms with Gasteiger partial charge in [0.15, 0.2) is 0 Å². The molecule has 0 fully saturated rings. The number of hydrogen-bond acceptors (Lipinski definition) is 0. The molecule has 0 spiro atoms. The van der Waals surface area contributed by atoms with Crippen molar-refractivity contribution in [3.05, 3.63) is 97.7 Å².